The number of aryl methyl sites for hydroxylation is 1. The number of ether oxygens (including phenoxy) is 2. The standard InChI is InChI=1S/C22H24N2O7/c1-11-23-24-22(30-11)13-5-3-12(4-6-13)15-9-14(7-8-16(15)29-2)21-20(28)19(27)18(26)17(10-25)31-21/h3-9,17-21,25-28H,10H2,1-2H3/t17?,18-,19?,20?,21-/m1/s1. The van der Waals surface area contributed by atoms with E-state index in [2.05, 4.69) is 10.2 Å². The third-order valence-electron chi connectivity index (χ3n) is 5.41. The van der Waals surface area contributed by atoms with E-state index in [9.17, 15) is 20.4 Å². The van der Waals surface area contributed by atoms with Gasteiger partial charge in [0.25, 0.3) is 0 Å². The Morgan fingerprint density at radius 1 is 0.935 bits per heavy atom. The summed E-state index contributed by atoms with van der Waals surface area (Å²) < 4.78 is 16.6. The summed E-state index contributed by atoms with van der Waals surface area (Å²) in [5.41, 5.74) is 2.92. The Morgan fingerprint density at radius 3 is 2.26 bits per heavy atom. The molecule has 3 unspecified atom stereocenters. The molecule has 164 valence electrons. The van der Waals surface area contributed by atoms with Crippen LogP contribution in [0.3, 0.4) is 0 Å². The van der Waals surface area contributed by atoms with E-state index in [1.807, 2.05) is 24.3 Å². The third kappa shape index (κ3) is 4.06. The van der Waals surface area contributed by atoms with Crippen molar-refractivity contribution in [1.29, 1.82) is 0 Å². The van der Waals surface area contributed by atoms with Crippen molar-refractivity contribution in [3.63, 3.8) is 0 Å². The van der Waals surface area contributed by atoms with Crippen molar-refractivity contribution in [1.82, 2.24) is 10.2 Å². The summed E-state index contributed by atoms with van der Waals surface area (Å²) in [5, 5.41) is 47.9. The first-order valence-corrected chi connectivity index (χ1v) is 9.82. The van der Waals surface area contributed by atoms with Crippen LogP contribution in [0.1, 0.15) is 17.6 Å². The fourth-order valence-corrected chi connectivity index (χ4v) is 3.71. The van der Waals surface area contributed by atoms with Gasteiger partial charge in [-0.2, -0.15) is 0 Å². The lowest BCUT2D eigenvalue weighted by molar-refractivity contribution is -0.231. The van der Waals surface area contributed by atoms with Gasteiger partial charge in [0.15, 0.2) is 0 Å². The molecule has 1 fully saturated rings. The smallest absolute Gasteiger partial charge is 0.247 e. The summed E-state index contributed by atoms with van der Waals surface area (Å²) in [5.74, 6) is 1.51. The van der Waals surface area contributed by atoms with Crippen molar-refractivity contribution in [2.75, 3.05) is 13.7 Å². The summed E-state index contributed by atoms with van der Waals surface area (Å²) in [6, 6.07) is 12.7. The molecule has 0 spiro atoms. The second kappa shape index (κ2) is 8.74. The Labute approximate surface area is 178 Å². The number of aliphatic hydroxyl groups excluding tert-OH is 4. The van der Waals surface area contributed by atoms with E-state index in [1.165, 1.54) is 0 Å². The van der Waals surface area contributed by atoms with Gasteiger partial charge in [-0.25, -0.2) is 0 Å². The van der Waals surface area contributed by atoms with Gasteiger partial charge in [0, 0.05) is 18.1 Å². The van der Waals surface area contributed by atoms with Crippen molar-refractivity contribution in [2.24, 2.45) is 0 Å². The highest BCUT2D eigenvalue weighted by molar-refractivity contribution is 5.73. The fourth-order valence-electron chi connectivity index (χ4n) is 3.71. The Kier molecular flexibility index (Phi) is 6.03. The first-order chi connectivity index (χ1) is 14.9. The minimum Gasteiger partial charge on any atom is -0.496 e. The molecular formula is C22H24N2O7. The molecule has 0 bridgehead atoms. The van der Waals surface area contributed by atoms with Gasteiger partial charge in [-0.15, -0.1) is 10.2 Å². The summed E-state index contributed by atoms with van der Waals surface area (Å²) in [6.45, 7) is 1.24. The molecule has 0 radical (unpaired) electrons. The van der Waals surface area contributed by atoms with Gasteiger partial charge >= 0.3 is 0 Å². The lowest BCUT2D eigenvalue weighted by atomic mass is 9.89. The molecule has 2 aromatic carbocycles. The summed E-state index contributed by atoms with van der Waals surface area (Å²) in [4.78, 5) is 0. The van der Waals surface area contributed by atoms with Crippen LogP contribution < -0.4 is 4.74 Å². The van der Waals surface area contributed by atoms with Gasteiger partial charge in [-0.3, -0.25) is 0 Å². The maximum absolute atomic E-state index is 10.5. The Hall–Kier alpha value is -2.82. The van der Waals surface area contributed by atoms with Crippen LogP contribution in [0, 0.1) is 6.92 Å². The molecule has 4 N–H and O–H groups in total. The van der Waals surface area contributed by atoms with Crippen molar-refractivity contribution in [2.45, 2.75) is 37.4 Å². The zero-order chi connectivity index (χ0) is 22.1. The van der Waals surface area contributed by atoms with Crippen LogP contribution in [0.25, 0.3) is 22.6 Å². The molecule has 1 aromatic heterocycles. The van der Waals surface area contributed by atoms with Gasteiger partial charge in [0.2, 0.25) is 11.8 Å². The molecule has 2 heterocycles. The van der Waals surface area contributed by atoms with Crippen molar-refractivity contribution in [3.05, 3.63) is 53.9 Å². The third-order valence-corrected chi connectivity index (χ3v) is 5.41. The summed E-state index contributed by atoms with van der Waals surface area (Å²) >= 11 is 0. The van der Waals surface area contributed by atoms with Crippen molar-refractivity contribution >= 4 is 0 Å². The molecule has 0 saturated carbocycles. The largest absolute Gasteiger partial charge is 0.496 e. The van der Waals surface area contributed by atoms with Gasteiger partial charge in [0.1, 0.15) is 36.3 Å². The zero-order valence-electron chi connectivity index (χ0n) is 17.0. The van der Waals surface area contributed by atoms with Gasteiger partial charge in [0.05, 0.1) is 13.7 Å². The number of nitrogens with zero attached hydrogens (tertiary/aromatic N) is 2. The quantitative estimate of drug-likeness (QED) is 0.473. The number of hydrogen-bond acceptors (Lipinski definition) is 9. The lowest BCUT2D eigenvalue weighted by Crippen LogP contribution is -2.55. The normalized spacial score (nSPS) is 26.1. The molecule has 5 atom stereocenters. The first-order valence-electron chi connectivity index (χ1n) is 9.82. The molecule has 1 saturated heterocycles. The number of benzene rings is 2. The molecule has 0 amide bonds. The maximum atomic E-state index is 10.5. The molecule has 9 heteroatoms. The second-order valence-corrected chi connectivity index (χ2v) is 7.41. The average molecular weight is 428 g/mol. The highest BCUT2D eigenvalue weighted by atomic mass is 16.5. The average Bonchev–Trinajstić information content (AvgIpc) is 3.24. The van der Waals surface area contributed by atoms with Gasteiger partial charge in [-0.1, -0.05) is 18.2 Å². The molecule has 1 aliphatic heterocycles. The topological polar surface area (TPSA) is 138 Å². The van der Waals surface area contributed by atoms with Crippen LogP contribution in [-0.4, -0.2) is 68.8 Å². The zero-order valence-corrected chi connectivity index (χ0v) is 17.0. The van der Waals surface area contributed by atoms with Crippen LogP contribution in [0.2, 0.25) is 0 Å². The maximum Gasteiger partial charge on any atom is 0.247 e. The Balaban J connectivity index is 1.68. The highest BCUT2D eigenvalue weighted by Crippen LogP contribution is 2.38. The number of hydrogen-bond donors (Lipinski definition) is 4. The minimum absolute atomic E-state index is 0.422. The van der Waals surface area contributed by atoms with Crippen LogP contribution >= 0.6 is 0 Å². The molecule has 3 aromatic rings. The highest BCUT2D eigenvalue weighted by Gasteiger charge is 2.44. The number of aliphatic hydroxyl groups is 4. The van der Waals surface area contributed by atoms with E-state index in [0.29, 0.717) is 23.1 Å². The van der Waals surface area contributed by atoms with E-state index in [1.54, 1.807) is 32.2 Å². The van der Waals surface area contributed by atoms with Crippen LogP contribution in [0.4, 0.5) is 0 Å². The van der Waals surface area contributed by atoms with E-state index in [-0.39, 0.29) is 0 Å². The van der Waals surface area contributed by atoms with E-state index in [4.69, 9.17) is 13.9 Å². The van der Waals surface area contributed by atoms with E-state index in [0.717, 1.165) is 16.7 Å². The predicted octanol–water partition coefficient (Wildman–Crippen LogP) is 1.24. The van der Waals surface area contributed by atoms with Crippen LogP contribution in [-0.2, 0) is 4.74 Å². The molecule has 9 nitrogen and oxygen atoms in total. The van der Waals surface area contributed by atoms with Crippen molar-refractivity contribution < 1.29 is 34.3 Å². The SMILES string of the molecule is COc1ccc([C@H]2OC(CO)[C@@H](O)C(O)C2O)cc1-c1ccc(-c2nnc(C)o2)cc1. The Morgan fingerprint density at radius 2 is 1.65 bits per heavy atom. The van der Waals surface area contributed by atoms with Gasteiger partial charge in [-0.05, 0) is 35.4 Å². The molecule has 1 aliphatic rings. The first kappa shape index (κ1) is 21.4. The van der Waals surface area contributed by atoms with Crippen LogP contribution in [0.5, 0.6) is 5.75 Å². The molecule has 0 aliphatic carbocycles. The second-order valence-electron chi connectivity index (χ2n) is 7.41. The number of methoxy groups -OCH3 is 1. The molecule has 31 heavy (non-hydrogen) atoms. The number of aromatic nitrogens is 2. The predicted molar refractivity (Wildman–Crippen MR) is 109 cm³/mol. The van der Waals surface area contributed by atoms with E-state index < -0.39 is 37.1 Å². The monoisotopic (exact) mass is 428 g/mol. The minimum atomic E-state index is -1.45. The van der Waals surface area contributed by atoms with E-state index >= 15 is 0 Å². The Bertz CT molecular complexity index is 1030. The molecule has 4 rings (SSSR count). The lowest BCUT2D eigenvalue weighted by Gasteiger charge is -2.40. The van der Waals surface area contributed by atoms with Gasteiger partial charge < -0.3 is 34.3 Å². The summed E-state index contributed by atoms with van der Waals surface area (Å²) in [6.07, 6.45) is -6.12. The number of rotatable bonds is 5. The summed E-state index contributed by atoms with van der Waals surface area (Å²) in [7, 11) is 1.56. The van der Waals surface area contributed by atoms with Crippen LogP contribution in [0.15, 0.2) is 46.9 Å². The molecular weight excluding hydrogens is 404 g/mol. The fraction of sp³-hybridized carbons (Fsp3) is 0.364. The van der Waals surface area contributed by atoms with Crippen molar-refractivity contribution in [3.8, 4) is 28.3 Å².